The maximum absolute atomic E-state index is 13.0. The summed E-state index contributed by atoms with van der Waals surface area (Å²) in [5.41, 5.74) is 6.21. The van der Waals surface area contributed by atoms with Gasteiger partial charge in [0.2, 0.25) is 5.91 Å². The van der Waals surface area contributed by atoms with Gasteiger partial charge in [-0.2, -0.15) is 0 Å². The number of halogens is 2. The van der Waals surface area contributed by atoms with E-state index < -0.39 is 11.6 Å². The Morgan fingerprint density at radius 1 is 1.32 bits per heavy atom. The van der Waals surface area contributed by atoms with Crippen molar-refractivity contribution in [3.63, 3.8) is 0 Å². The zero-order valence-electron chi connectivity index (χ0n) is 10.7. The van der Waals surface area contributed by atoms with E-state index in [0.29, 0.717) is 18.7 Å². The second-order valence-corrected chi connectivity index (χ2v) is 5.26. The monoisotopic (exact) mass is 268 g/mol. The van der Waals surface area contributed by atoms with Gasteiger partial charge in [-0.05, 0) is 42.5 Å². The molecule has 0 atom stereocenters. The summed E-state index contributed by atoms with van der Waals surface area (Å²) < 4.78 is 25.8. The maximum Gasteiger partial charge on any atom is 0.224 e. The van der Waals surface area contributed by atoms with E-state index >= 15 is 0 Å². The van der Waals surface area contributed by atoms with Crippen molar-refractivity contribution in [1.82, 2.24) is 5.32 Å². The number of hydrogen-bond donors (Lipinski definition) is 2. The normalized spacial score (nSPS) is 16.8. The largest absolute Gasteiger partial charge is 0.355 e. The molecule has 0 saturated heterocycles. The second-order valence-electron chi connectivity index (χ2n) is 5.26. The molecule has 104 valence electrons. The van der Waals surface area contributed by atoms with Crippen LogP contribution in [0.15, 0.2) is 18.2 Å². The molecule has 3 nitrogen and oxygen atoms in total. The molecule has 2 rings (SSSR count). The van der Waals surface area contributed by atoms with Crippen LogP contribution in [0.5, 0.6) is 0 Å². The van der Waals surface area contributed by atoms with E-state index in [4.69, 9.17) is 5.73 Å². The van der Waals surface area contributed by atoms with Gasteiger partial charge in [0.1, 0.15) is 0 Å². The average Bonchev–Trinajstić information content (AvgIpc) is 2.33. The van der Waals surface area contributed by atoms with Gasteiger partial charge in [0, 0.05) is 6.54 Å². The van der Waals surface area contributed by atoms with Crippen molar-refractivity contribution in [3.8, 4) is 0 Å². The number of amides is 1. The van der Waals surface area contributed by atoms with Crippen molar-refractivity contribution in [2.75, 3.05) is 13.1 Å². The van der Waals surface area contributed by atoms with Gasteiger partial charge < -0.3 is 11.1 Å². The van der Waals surface area contributed by atoms with E-state index in [0.717, 1.165) is 31.4 Å². The third-order valence-corrected chi connectivity index (χ3v) is 3.86. The van der Waals surface area contributed by atoms with Gasteiger partial charge in [-0.1, -0.05) is 12.5 Å². The van der Waals surface area contributed by atoms with Crippen LogP contribution in [0, 0.1) is 17.0 Å². The Bertz CT molecular complexity index is 467. The summed E-state index contributed by atoms with van der Waals surface area (Å²) in [6, 6.07) is 3.50. The van der Waals surface area contributed by atoms with Crippen LogP contribution in [0.2, 0.25) is 0 Å². The van der Waals surface area contributed by atoms with E-state index in [1.165, 1.54) is 6.07 Å². The number of nitrogens with one attached hydrogen (secondary N) is 1. The molecule has 0 bridgehead atoms. The van der Waals surface area contributed by atoms with E-state index in [1.54, 1.807) is 0 Å². The predicted octanol–water partition coefficient (Wildman–Crippen LogP) is 1.75. The first-order valence-electron chi connectivity index (χ1n) is 6.45. The van der Waals surface area contributed by atoms with Gasteiger partial charge in [-0.15, -0.1) is 0 Å². The Balaban J connectivity index is 1.85. The van der Waals surface area contributed by atoms with Gasteiger partial charge in [0.25, 0.3) is 0 Å². The average molecular weight is 268 g/mol. The molecule has 0 spiro atoms. The Labute approximate surface area is 111 Å². The number of carbonyl (C=O) groups is 1. The summed E-state index contributed by atoms with van der Waals surface area (Å²) in [7, 11) is 0. The lowest BCUT2D eigenvalue weighted by molar-refractivity contribution is -0.121. The minimum atomic E-state index is -0.928. The summed E-state index contributed by atoms with van der Waals surface area (Å²) in [5, 5.41) is 2.82. The van der Waals surface area contributed by atoms with Crippen LogP contribution in [0.4, 0.5) is 8.78 Å². The zero-order valence-corrected chi connectivity index (χ0v) is 10.7. The Kier molecular flexibility index (Phi) is 4.14. The highest BCUT2D eigenvalue weighted by Crippen LogP contribution is 2.39. The van der Waals surface area contributed by atoms with Gasteiger partial charge in [0.05, 0.1) is 6.42 Å². The van der Waals surface area contributed by atoms with E-state index in [9.17, 15) is 13.6 Å². The first kappa shape index (κ1) is 13.9. The van der Waals surface area contributed by atoms with Crippen LogP contribution in [0.25, 0.3) is 0 Å². The smallest absolute Gasteiger partial charge is 0.224 e. The summed E-state index contributed by atoms with van der Waals surface area (Å²) in [6.07, 6.45) is 3.28. The zero-order chi connectivity index (χ0) is 13.9. The maximum atomic E-state index is 13.0. The van der Waals surface area contributed by atoms with Crippen molar-refractivity contribution in [2.45, 2.75) is 25.7 Å². The second kappa shape index (κ2) is 5.65. The van der Waals surface area contributed by atoms with Crippen molar-refractivity contribution >= 4 is 5.91 Å². The fourth-order valence-corrected chi connectivity index (χ4v) is 2.31. The van der Waals surface area contributed by atoms with Crippen LogP contribution in [-0.2, 0) is 11.2 Å². The Morgan fingerprint density at radius 2 is 2.05 bits per heavy atom. The first-order valence-corrected chi connectivity index (χ1v) is 6.45. The van der Waals surface area contributed by atoms with Gasteiger partial charge in [0.15, 0.2) is 11.6 Å². The Morgan fingerprint density at radius 3 is 2.58 bits per heavy atom. The first-order chi connectivity index (χ1) is 9.04. The molecule has 19 heavy (non-hydrogen) atoms. The van der Waals surface area contributed by atoms with Gasteiger partial charge >= 0.3 is 0 Å². The molecular weight excluding hydrogens is 250 g/mol. The van der Waals surface area contributed by atoms with Crippen molar-refractivity contribution in [2.24, 2.45) is 11.1 Å². The highest BCUT2D eigenvalue weighted by Gasteiger charge is 2.35. The third-order valence-electron chi connectivity index (χ3n) is 3.86. The van der Waals surface area contributed by atoms with Crippen LogP contribution in [0.3, 0.4) is 0 Å². The molecular formula is C14H18F2N2O. The number of hydrogen-bond acceptors (Lipinski definition) is 2. The minimum Gasteiger partial charge on any atom is -0.355 e. The highest BCUT2D eigenvalue weighted by molar-refractivity contribution is 5.78. The SMILES string of the molecule is NCC1(CNC(=O)Cc2ccc(F)c(F)c2)CCC1. The Hall–Kier alpha value is -1.49. The lowest BCUT2D eigenvalue weighted by atomic mass is 9.69. The van der Waals surface area contributed by atoms with Crippen LogP contribution >= 0.6 is 0 Å². The molecule has 0 aliphatic heterocycles. The molecule has 1 aliphatic carbocycles. The fourth-order valence-electron chi connectivity index (χ4n) is 2.31. The summed E-state index contributed by atoms with van der Waals surface area (Å²) in [4.78, 5) is 11.7. The van der Waals surface area contributed by atoms with Gasteiger partial charge in [-0.25, -0.2) is 8.78 Å². The molecule has 0 unspecified atom stereocenters. The molecule has 1 fully saturated rings. The molecule has 0 aromatic heterocycles. The van der Waals surface area contributed by atoms with E-state index in [2.05, 4.69) is 5.32 Å². The minimum absolute atomic E-state index is 0.0453. The van der Waals surface area contributed by atoms with E-state index in [-0.39, 0.29) is 17.7 Å². The number of nitrogens with two attached hydrogens (primary N) is 1. The molecule has 1 aromatic carbocycles. The number of rotatable bonds is 5. The fraction of sp³-hybridized carbons (Fsp3) is 0.500. The van der Waals surface area contributed by atoms with Crippen LogP contribution in [0.1, 0.15) is 24.8 Å². The third kappa shape index (κ3) is 3.29. The molecule has 5 heteroatoms. The molecule has 1 saturated carbocycles. The van der Waals surface area contributed by atoms with Crippen LogP contribution < -0.4 is 11.1 Å². The van der Waals surface area contributed by atoms with Crippen molar-refractivity contribution in [3.05, 3.63) is 35.4 Å². The van der Waals surface area contributed by atoms with Gasteiger partial charge in [-0.3, -0.25) is 4.79 Å². The lowest BCUT2D eigenvalue weighted by Gasteiger charge is -2.41. The standard InChI is InChI=1S/C14H18F2N2O/c15-11-3-2-10(6-12(11)16)7-13(19)18-9-14(8-17)4-1-5-14/h2-3,6H,1,4-5,7-9,17H2,(H,18,19). The summed E-state index contributed by atoms with van der Waals surface area (Å²) in [6.45, 7) is 1.13. The molecule has 1 amide bonds. The van der Waals surface area contributed by atoms with Crippen molar-refractivity contribution < 1.29 is 13.6 Å². The quantitative estimate of drug-likeness (QED) is 0.855. The van der Waals surface area contributed by atoms with E-state index in [1.807, 2.05) is 0 Å². The molecule has 0 heterocycles. The van der Waals surface area contributed by atoms with Crippen molar-refractivity contribution in [1.29, 1.82) is 0 Å². The summed E-state index contributed by atoms with van der Waals surface area (Å²) >= 11 is 0. The topological polar surface area (TPSA) is 55.1 Å². The highest BCUT2D eigenvalue weighted by atomic mass is 19.2. The molecule has 1 aliphatic rings. The molecule has 3 N–H and O–H groups in total. The lowest BCUT2D eigenvalue weighted by Crippen LogP contribution is -2.47. The summed E-state index contributed by atoms with van der Waals surface area (Å²) in [5.74, 6) is -2.02. The predicted molar refractivity (Wildman–Crippen MR) is 68.4 cm³/mol. The molecule has 0 radical (unpaired) electrons. The molecule has 1 aromatic rings. The van der Waals surface area contributed by atoms with Crippen LogP contribution in [-0.4, -0.2) is 19.0 Å². The number of benzene rings is 1. The number of carbonyl (C=O) groups excluding carboxylic acids is 1.